The van der Waals surface area contributed by atoms with Gasteiger partial charge in [0.2, 0.25) is 0 Å². The van der Waals surface area contributed by atoms with Crippen LogP contribution < -0.4 is 0 Å². The highest BCUT2D eigenvalue weighted by atomic mass is 16.6. The lowest BCUT2D eigenvalue weighted by Crippen LogP contribution is -2.43. The van der Waals surface area contributed by atoms with Crippen LogP contribution in [-0.2, 0) is 19.1 Å². The summed E-state index contributed by atoms with van der Waals surface area (Å²) < 4.78 is 10.9. The molecule has 4 atom stereocenters. The molecule has 0 saturated carbocycles. The number of aliphatic hydroxyl groups excluding tert-OH is 1. The first-order chi connectivity index (χ1) is 21.5. The predicted molar refractivity (Wildman–Crippen MR) is 173 cm³/mol. The second kappa shape index (κ2) is 12.6. The average Bonchev–Trinajstić information content (AvgIpc) is 3.64. The smallest absolute Gasteiger partial charge is 0.417 e. The summed E-state index contributed by atoms with van der Waals surface area (Å²) in [5.41, 5.74) is 5.17. The molecule has 0 bridgehead atoms. The van der Waals surface area contributed by atoms with Gasteiger partial charge in [0, 0.05) is 37.7 Å². The van der Waals surface area contributed by atoms with Crippen LogP contribution >= 0.6 is 0 Å². The molecule has 6 rings (SSSR count). The van der Waals surface area contributed by atoms with Gasteiger partial charge in [0.05, 0.1) is 23.9 Å². The monoisotopic (exact) mass is 637 g/mol. The number of ether oxygens (including phenoxy) is 2. The highest BCUT2D eigenvalue weighted by molar-refractivity contribution is 6.07. The maximum absolute atomic E-state index is 13.0. The Labute approximate surface area is 273 Å². The maximum Gasteiger partial charge on any atom is 0.417 e. The normalized spacial score (nSPS) is 29.0. The van der Waals surface area contributed by atoms with Crippen LogP contribution in [0, 0.1) is 11.8 Å². The lowest BCUT2D eigenvalue weighted by molar-refractivity contribution is -0.126. The van der Waals surface area contributed by atoms with E-state index in [0.717, 1.165) is 69.6 Å². The zero-order chi connectivity index (χ0) is 33.7. The minimum Gasteiger partial charge on any atom is -0.515 e. The Kier molecular flexibility index (Phi) is 9.23. The van der Waals surface area contributed by atoms with Crippen LogP contribution in [0.1, 0.15) is 106 Å². The molecule has 4 amide bonds. The number of hydrogen-bond donors (Lipinski definition) is 1. The molecule has 252 valence electrons. The standard InChI is InChI=1S/C19H28N2O3.C17H23NO4/c1-19(2,3)24-18(23)21-16-13-9-7-6-8-12(13)10-14(16)15(17(21)22)11-20(4)5;1-17(2,3)22-16(21)18-14-11-7-5-4-6-10(11)8-12(14)13(9-19)15(18)20/h11,14,16H,6-10H2,1-5H3;9,12,14,19H,4-8H2,1-3H3/b15-11+;13-9-/t14-,16-;12-,14-/m11/s1. The average molecular weight is 638 g/mol. The number of allylic oxidation sites excluding steroid dienone is 2. The lowest BCUT2D eigenvalue weighted by Gasteiger charge is -2.29. The summed E-state index contributed by atoms with van der Waals surface area (Å²) in [7, 11) is 3.82. The van der Waals surface area contributed by atoms with Gasteiger partial charge in [-0.15, -0.1) is 0 Å². The van der Waals surface area contributed by atoms with E-state index in [9.17, 15) is 24.3 Å². The van der Waals surface area contributed by atoms with Crippen LogP contribution in [-0.4, -0.2) is 81.2 Å². The highest BCUT2D eigenvalue weighted by Crippen LogP contribution is 2.51. The van der Waals surface area contributed by atoms with Crippen LogP contribution in [0.3, 0.4) is 0 Å². The van der Waals surface area contributed by atoms with E-state index in [1.54, 1.807) is 20.8 Å². The molecule has 2 saturated heterocycles. The molecule has 0 spiro atoms. The van der Waals surface area contributed by atoms with Gasteiger partial charge in [0.15, 0.2) is 0 Å². The quantitative estimate of drug-likeness (QED) is 0.187. The Morgan fingerprint density at radius 2 is 1.11 bits per heavy atom. The molecule has 46 heavy (non-hydrogen) atoms. The summed E-state index contributed by atoms with van der Waals surface area (Å²) in [5, 5.41) is 9.47. The van der Waals surface area contributed by atoms with Crippen molar-refractivity contribution in [2.45, 2.75) is 129 Å². The number of aliphatic hydroxyl groups is 1. The number of imide groups is 2. The van der Waals surface area contributed by atoms with E-state index < -0.39 is 29.3 Å². The van der Waals surface area contributed by atoms with E-state index in [0.29, 0.717) is 5.57 Å². The molecule has 0 aromatic heterocycles. The van der Waals surface area contributed by atoms with Gasteiger partial charge in [-0.2, -0.15) is 0 Å². The highest BCUT2D eigenvalue weighted by Gasteiger charge is 2.55. The van der Waals surface area contributed by atoms with Crippen molar-refractivity contribution in [2.24, 2.45) is 11.8 Å². The van der Waals surface area contributed by atoms with E-state index in [4.69, 9.17) is 9.47 Å². The molecule has 2 heterocycles. The summed E-state index contributed by atoms with van der Waals surface area (Å²) in [6, 6.07) is -0.384. The van der Waals surface area contributed by atoms with Crippen molar-refractivity contribution in [3.8, 4) is 0 Å². The first kappa shape index (κ1) is 33.8. The molecule has 0 aromatic rings. The molecule has 2 aliphatic heterocycles. The predicted octanol–water partition coefficient (Wildman–Crippen LogP) is 6.93. The number of fused-ring (bicyclic) bond motifs is 4. The fourth-order valence-corrected chi connectivity index (χ4v) is 8.08. The largest absolute Gasteiger partial charge is 0.515 e. The molecule has 2 fully saturated rings. The van der Waals surface area contributed by atoms with Gasteiger partial charge in [-0.05, 0) is 117 Å². The van der Waals surface area contributed by atoms with Crippen molar-refractivity contribution >= 4 is 24.0 Å². The third kappa shape index (κ3) is 6.49. The number of likely N-dealkylation sites (tertiary alicyclic amines) is 2. The van der Waals surface area contributed by atoms with E-state index >= 15 is 0 Å². The van der Waals surface area contributed by atoms with Gasteiger partial charge in [0.1, 0.15) is 11.2 Å². The Bertz CT molecular complexity index is 1420. The number of carbonyl (C=O) groups excluding carboxylic acids is 4. The molecule has 10 nitrogen and oxygen atoms in total. The van der Waals surface area contributed by atoms with Crippen molar-refractivity contribution in [3.63, 3.8) is 0 Å². The zero-order valence-corrected chi connectivity index (χ0v) is 28.8. The summed E-state index contributed by atoms with van der Waals surface area (Å²) in [5.74, 6) is -0.613. The number of nitrogens with zero attached hydrogens (tertiary/aromatic N) is 3. The lowest BCUT2D eigenvalue weighted by atomic mass is 9.92. The van der Waals surface area contributed by atoms with Crippen molar-refractivity contribution < 1.29 is 33.8 Å². The van der Waals surface area contributed by atoms with E-state index in [1.807, 2.05) is 46.0 Å². The minimum absolute atomic E-state index is 0.0931. The second-order valence-electron chi connectivity index (χ2n) is 15.6. The SMILES string of the molecule is CC(C)(C)OC(=O)N1C(=O)/C(=C\O)[C@H]2CC3=C(CCCC3)[C@H]21.CN(C)/C=C1/C(=O)N(C(=O)OC(C)(C)C)[C@@H]2C3=C(CCCC3)C[C@H]12. The van der Waals surface area contributed by atoms with Crippen LogP contribution in [0.4, 0.5) is 9.59 Å². The van der Waals surface area contributed by atoms with E-state index in [2.05, 4.69) is 0 Å². The van der Waals surface area contributed by atoms with Gasteiger partial charge in [-0.1, -0.05) is 11.1 Å². The van der Waals surface area contributed by atoms with Crippen LogP contribution in [0.15, 0.2) is 45.9 Å². The Hall–Kier alpha value is -3.56. The maximum atomic E-state index is 13.0. The Morgan fingerprint density at radius 3 is 1.50 bits per heavy atom. The van der Waals surface area contributed by atoms with E-state index in [-0.39, 0.29) is 29.8 Å². The zero-order valence-electron chi connectivity index (χ0n) is 28.8. The molecule has 0 unspecified atom stereocenters. The van der Waals surface area contributed by atoms with E-state index in [1.165, 1.54) is 38.5 Å². The van der Waals surface area contributed by atoms with Gasteiger partial charge < -0.3 is 19.5 Å². The fraction of sp³-hybridized carbons (Fsp3) is 0.667. The van der Waals surface area contributed by atoms with Crippen molar-refractivity contribution in [1.29, 1.82) is 0 Å². The number of amides is 4. The van der Waals surface area contributed by atoms with Crippen LogP contribution in [0.25, 0.3) is 0 Å². The molecular formula is C36H51N3O7. The molecule has 0 aromatic carbocycles. The minimum atomic E-state index is -0.652. The van der Waals surface area contributed by atoms with Crippen molar-refractivity contribution in [1.82, 2.24) is 14.7 Å². The van der Waals surface area contributed by atoms with Crippen molar-refractivity contribution in [2.75, 3.05) is 14.1 Å². The second-order valence-corrected chi connectivity index (χ2v) is 15.6. The van der Waals surface area contributed by atoms with Gasteiger partial charge in [-0.25, -0.2) is 19.4 Å². The molecule has 10 heteroatoms. The first-order valence-electron chi connectivity index (χ1n) is 16.8. The molecule has 4 aliphatic carbocycles. The topological polar surface area (TPSA) is 117 Å². The Morgan fingerprint density at radius 1 is 0.717 bits per heavy atom. The van der Waals surface area contributed by atoms with Gasteiger partial charge in [-0.3, -0.25) is 9.59 Å². The van der Waals surface area contributed by atoms with Crippen LogP contribution in [0.2, 0.25) is 0 Å². The molecule has 1 N–H and O–H groups in total. The summed E-state index contributed by atoms with van der Waals surface area (Å²) in [4.78, 5) is 55.2. The number of carbonyl (C=O) groups is 4. The summed E-state index contributed by atoms with van der Waals surface area (Å²) in [6.07, 6.45) is 12.0. The molecular weight excluding hydrogens is 586 g/mol. The summed E-state index contributed by atoms with van der Waals surface area (Å²) >= 11 is 0. The third-order valence-corrected chi connectivity index (χ3v) is 9.67. The van der Waals surface area contributed by atoms with Crippen LogP contribution in [0.5, 0.6) is 0 Å². The fourth-order valence-electron chi connectivity index (χ4n) is 8.08. The third-order valence-electron chi connectivity index (χ3n) is 9.67. The van der Waals surface area contributed by atoms with Gasteiger partial charge >= 0.3 is 12.2 Å². The number of rotatable bonds is 1. The Balaban J connectivity index is 0.000000182. The first-order valence-corrected chi connectivity index (χ1v) is 16.8. The van der Waals surface area contributed by atoms with Crippen molar-refractivity contribution in [3.05, 3.63) is 45.9 Å². The molecule has 0 radical (unpaired) electrons. The number of hydrogen-bond acceptors (Lipinski definition) is 8. The summed E-state index contributed by atoms with van der Waals surface area (Å²) in [6.45, 7) is 10.8. The van der Waals surface area contributed by atoms with Gasteiger partial charge in [0.25, 0.3) is 11.8 Å². The molecule has 6 aliphatic rings.